The van der Waals surface area contributed by atoms with E-state index in [9.17, 15) is 28.1 Å². The molecule has 0 aliphatic carbocycles. The Kier molecular flexibility index (Phi) is 9.36. The zero-order valence-corrected chi connectivity index (χ0v) is 25.6. The van der Waals surface area contributed by atoms with Crippen LogP contribution in [0.15, 0.2) is 41.3 Å². The van der Waals surface area contributed by atoms with Gasteiger partial charge in [0.25, 0.3) is 17.5 Å². The van der Waals surface area contributed by atoms with Crippen molar-refractivity contribution < 1.29 is 27.7 Å². The Bertz CT molecular complexity index is 1720. The molecule has 1 aliphatic heterocycles. The largest absolute Gasteiger partial charge is 0.496 e. The summed E-state index contributed by atoms with van der Waals surface area (Å²) >= 11 is 0. The molecule has 0 radical (unpaired) electrons. The number of methoxy groups -OCH3 is 1. The molecule has 0 atom stereocenters. The van der Waals surface area contributed by atoms with E-state index in [1.54, 1.807) is 19.9 Å². The molecule has 0 spiro atoms. The van der Waals surface area contributed by atoms with Gasteiger partial charge >= 0.3 is 0 Å². The number of non-ortho nitro benzene ring substituents is 1. The number of H-pyrrole nitrogens is 1. The van der Waals surface area contributed by atoms with Gasteiger partial charge in [0, 0.05) is 53.4 Å². The Morgan fingerprint density at radius 3 is 2.51 bits per heavy atom. The molecule has 2 heterocycles. The summed E-state index contributed by atoms with van der Waals surface area (Å²) in [6.07, 6.45) is 1.61. The normalized spacial score (nSPS) is 13.7. The van der Waals surface area contributed by atoms with Crippen molar-refractivity contribution in [2.24, 2.45) is 0 Å². The van der Waals surface area contributed by atoms with Gasteiger partial charge in [0.05, 0.1) is 33.8 Å². The maximum atomic E-state index is 13.4. The van der Waals surface area contributed by atoms with Gasteiger partial charge < -0.3 is 25.3 Å². The third kappa shape index (κ3) is 6.62. The zero-order valence-electron chi connectivity index (χ0n) is 24.7. The van der Waals surface area contributed by atoms with Crippen LogP contribution in [0, 0.1) is 24.0 Å². The molecular weight excluding hydrogens is 574 g/mol. The fraction of sp³-hybridized carbons (Fsp3) is 0.333. The van der Waals surface area contributed by atoms with Crippen LogP contribution in [-0.2, 0) is 20.4 Å². The quantitative estimate of drug-likeness (QED) is 0.157. The lowest BCUT2D eigenvalue weighted by molar-refractivity contribution is -0.384. The molecular formula is C30H35N5O7S. The van der Waals surface area contributed by atoms with Crippen LogP contribution in [0.1, 0.15) is 52.3 Å². The topological polar surface area (TPSA) is 164 Å². The van der Waals surface area contributed by atoms with Crippen LogP contribution < -0.4 is 15.4 Å². The number of aromatic nitrogens is 1. The minimum atomic E-state index is -4.00. The van der Waals surface area contributed by atoms with E-state index < -0.39 is 26.4 Å². The van der Waals surface area contributed by atoms with Crippen LogP contribution in [0.5, 0.6) is 5.75 Å². The van der Waals surface area contributed by atoms with Gasteiger partial charge in [0.2, 0.25) is 0 Å². The third-order valence-electron chi connectivity index (χ3n) is 7.55. The Balaban J connectivity index is 1.64. The molecule has 0 bridgehead atoms. The number of nitrogens with zero attached hydrogens (tertiary/aromatic N) is 2. The molecule has 1 aliphatic rings. The Morgan fingerprint density at radius 2 is 1.86 bits per heavy atom. The second kappa shape index (κ2) is 12.8. The van der Waals surface area contributed by atoms with Crippen LogP contribution in [0.2, 0.25) is 0 Å². The fourth-order valence-electron chi connectivity index (χ4n) is 5.14. The van der Waals surface area contributed by atoms with Gasteiger partial charge in [-0.3, -0.25) is 19.7 Å². The number of aryl methyl sites for hydroxylation is 1. The van der Waals surface area contributed by atoms with E-state index in [-0.39, 0.29) is 33.4 Å². The zero-order chi connectivity index (χ0) is 31.5. The number of benzene rings is 2. The molecule has 3 aromatic rings. The second-order valence-electron chi connectivity index (χ2n) is 10.2. The van der Waals surface area contributed by atoms with Crippen molar-refractivity contribution >= 4 is 44.7 Å². The summed E-state index contributed by atoms with van der Waals surface area (Å²) < 4.78 is 32.1. The van der Waals surface area contributed by atoms with E-state index in [1.165, 1.54) is 43.5 Å². The number of anilines is 1. The Hall–Kier alpha value is -4.49. The number of hydrogen-bond acceptors (Lipinski definition) is 8. The van der Waals surface area contributed by atoms with Crippen LogP contribution in [-0.4, -0.2) is 68.3 Å². The van der Waals surface area contributed by atoms with Gasteiger partial charge in [0.15, 0.2) is 9.84 Å². The highest BCUT2D eigenvalue weighted by Gasteiger charge is 2.29. The molecule has 2 amide bonds. The molecule has 0 unspecified atom stereocenters. The van der Waals surface area contributed by atoms with Gasteiger partial charge in [-0.2, -0.15) is 0 Å². The lowest BCUT2D eigenvalue weighted by atomic mass is 10.0. The van der Waals surface area contributed by atoms with Crippen LogP contribution >= 0.6 is 0 Å². The summed E-state index contributed by atoms with van der Waals surface area (Å²) in [6, 6.07) is 8.07. The monoisotopic (exact) mass is 609 g/mol. The van der Waals surface area contributed by atoms with E-state index in [4.69, 9.17) is 4.74 Å². The number of hydrogen-bond donors (Lipinski definition) is 3. The van der Waals surface area contributed by atoms with Crippen LogP contribution in [0.3, 0.4) is 0 Å². The highest BCUT2D eigenvalue weighted by Crippen LogP contribution is 2.37. The summed E-state index contributed by atoms with van der Waals surface area (Å²) in [5.74, 6) is -0.969. The predicted octanol–water partition coefficient (Wildman–Crippen LogP) is 4.09. The molecule has 1 aromatic heterocycles. The molecule has 0 fully saturated rings. The number of nitro benzene ring substituents is 1. The number of fused-ring (bicyclic) bond motifs is 1. The molecule has 12 nitrogen and oxygen atoms in total. The number of carbonyl (C=O) groups is 2. The summed E-state index contributed by atoms with van der Waals surface area (Å²) in [5.41, 5.74) is 3.30. The van der Waals surface area contributed by atoms with Crippen molar-refractivity contribution in [2.75, 3.05) is 38.6 Å². The first kappa shape index (κ1) is 31.4. The number of amides is 2. The van der Waals surface area contributed by atoms with Crippen molar-refractivity contribution in [3.8, 4) is 5.75 Å². The van der Waals surface area contributed by atoms with E-state index in [1.807, 2.05) is 0 Å². The Morgan fingerprint density at radius 1 is 1.14 bits per heavy atom. The number of sulfone groups is 1. The Labute approximate surface area is 250 Å². The maximum absolute atomic E-state index is 13.4. The number of aromatic amines is 1. The van der Waals surface area contributed by atoms with Crippen molar-refractivity contribution in [1.82, 2.24) is 15.2 Å². The molecule has 3 N–H and O–H groups in total. The number of nitrogens with one attached hydrogen (secondary N) is 3. The predicted molar refractivity (Wildman–Crippen MR) is 164 cm³/mol. The summed E-state index contributed by atoms with van der Waals surface area (Å²) in [7, 11) is -2.64. The highest BCUT2D eigenvalue weighted by molar-refractivity contribution is 7.90. The first-order valence-corrected chi connectivity index (χ1v) is 15.5. The lowest BCUT2D eigenvalue weighted by Crippen LogP contribution is -2.35. The number of nitro groups is 1. The molecule has 43 heavy (non-hydrogen) atoms. The second-order valence-corrected chi connectivity index (χ2v) is 12.2. The third-order valence-corrected chi connectivity index (χ3v) is 9.22. The fourth-order valence-corrected chi connectivity index (χ4v) is 6.52. The standard InChI is InChI=1S/C30H35N5O7S/c1-6-34(7-2)13-12-31-30(37)28-18(3)26(32-19(28)4)16-24-23-15-22(9-10-25(23)33-29(24)36)43(40,41)17-20-14-21(35(38)39)8-11-27(20)42-5/h8-11,14-16,32H,6-7,12-13,17H2,1-5H3,(H,31,37)(H,33,36). The number of carbonyl (C=O) groups excluding carboxylic acids is 2. The lowest BCUT2D eigenvalue weighted by Gasteiger charge is -2.18. The first-order chi connectivity index (χ1) is 20.4. The minimum absolute atomic E-state index is 0.0603. The number of rotatable bonds is 12. The van der Waals surface area contributed by atoms with Gasteiger partial charge in [-0.1, -0.05) is 13.8 Å². The van der Waals surface area contributed by atoms with Crippen molar-refractivity contribution in [1.29, 1.82) is 0 Å². The van der Waals surface area contributed by atoms with Crippen molar-refractivity contribution in [2.45, 2.75) is 38.3 Å². The SMILES string of the molecule is CCN(CC)CCNC(=O)c1c(C)[nH]c(C=C2C(=O)Nc3ccc(S(=O)(=O)Cc4cc([N+](=O)[O-])ccc4OC)cc32)c1C. The smallest absolute Gasteiger partial charge is 0.270 e. The average molecular weight is 610 g/mol. The molecule has 0 saturated carbocycles. The molecule has 2 aromatic carbocycles. The van der Waals surface area contributed by atoms with Crippen molar-refractivity contribution in [3.63, 3.8) is 0 Å². The van der Waals surface area contributed by atoms with Gasteiger partial charge in [-0.25, -0.2) is 8.42 Å². The van der Waals surface area contributed by atoms with Gasteiger partial charge in [-0.05, 0) is 62.8 Å². The first-order valence-electron chi connectivity index (χ1n) is 13.8. The van der Waals surface area contributed by atoms with Crippen LogP contribution in [0.25, 0.3) is 11.6 Å². The van der Waals surface area contributed by atoms with Crippen molar-refractivity contribution in [3.05, 3.63) is 80.2 Å². The van der Waals surface area contributed by atoms with E-state index in [2.05, 4.69) is 34.4 Å². The van der Waals surface area contributed by atoms with Crippen LogP contribution in [0.4, 0.5) is 11.4 Å². The number of likely N-dealkylation sites (N-methyl/N-ethyl adjacent to an activating group) is 1. The molecule has 13 heteroatoms. The van der Waals surface area contributed by atoms with E-state index in [0.29, 0.717) is 40.3 Å². The summed E-state index contributed by atoms with van der Waals surface area (Å²) in [5, 5.41) is 17.0. The van der Waals surface area contributed by atoms with Gasteiger partial charge in [0.1, 0.15) is 5.75 Å². The summed E-state index contributed by atoms with van der Waals surface area (Å²) in [4.78, 5) is 41.9. The number of ether oxygens (including phenoxy) is 1. The highest BCUT2D eigenvalue weighted by atomic mass is 32.2. The minimum Gasteiger partial charge on any atom is -0.496 e. The van der Waals surface area contributed by atoms with Gasteiger partial charge in [-0.15, -0.1) is 0 Å². The summed E-state index contributed by atoms with van der Waals surface area (Å²) in [6.45, 7) is 10.7. The van der Waals surface area contributed by atoms with E-state index in [0.717, 1.165) is 19.6 Å². The van der Waals surface area contributed by atoms with E-state index >= 15 is 0 Å². The molecule has 4 rings (SSSR count). The average Bonchev–Trinajstić information content (AvgIpc) is 3.43. The maximum Gasteiger partial charge on any atom is 0.270 e. The molecule has 228 valence electrons. The molecule has 0 saturated heterocycles.